The van der Waals surface area contributed by atoms with Crippen molar-refractivity contribution in [1.29, 1.82) is 0 Å². The monoisotopic (exact) mass is 289 g/mol. The fourth-order valence-corrected chi connectivity index (χ4v) is 3.84. The summed E-state index contributed by atoms with van der Waals surface area (Å²) in [6.07, 6.45) is 8.74. The number of nitrogen functional groups attached to an aromatic ring is 1. The van der Waals surface area contributed by atoms with Gasteiger partial charge in [0.15, 0.2) is 0 Å². The number of likely N-dealkylation sites (tertiary alicyclic amines) is 1. The zero-order chi connectivity index (χ0) is 14.8. The molecule has 21 heavy (non-hydrogen) atoms. The van der Waals surface area contributed by atoms with E-state index in [1.165, 1.54) is 36.3 Å². The molecule has 2 heterocycles. The summed E-state index contributed by atoms with van der Waals surface area (Å²) >= 11 is 0. The van der Waals surface area contributed by atoms with Crippen molar-refractivity contribution in [2.75, 3.05) is 12.3 Å². The Morgan fingerprint density at radius 2 is 1.95 bits per heavy atom. The van der Waals surface area contributed by atoms with E-state index in [9.17, 15) is 9.59 Å². The minimum Gasteiger partial charge on any atom is -0.398 e. The van der Waals surface area contributed by atoms with Crippen LogP contribution in [-0.4, -0.2) is 28.0 Å². The Bertz CT molecular complexity index is 579. The van der Waals surface area contributed by atoms with Gasteiger partial charge in [-0.3, -0.25) is 9.59 Å². The number of anilines is 1. The molecule has 3 rings (SSSR count). The Kier molecular flexibility index (Phi) is 3.99. The minimum atomic E-state index is -0.172. The van der Waals surface area contributed by atoms with Crippen LogP contribution in [0.25, 0.3) is 0 Å². The summed E-state index contributed by atoms with van der Waals surface area (Å²) in [5.41, 5.74) is 6.04. The number of hydrogen-bond donors (Lipinski definition) is 1. The molecule has 2 aliphatic rings. The second-order valence-electron chi connectivity index (χ2n) is 6.27. The molecule has 2 N–H and O–H groups in total. The Morgan fingerprint density at radius 3 is 2.81 bits per heavy atom. The highest BCUT2D eigenvalue weighted by Crippen LogP contribution is 2.35. The molecule has 0 bridgehead atoms. The first kappa shape index (κ1) is 14.2. The smallest absolute Gasteiger partial charge is 0.251 e. The zero-order valence-corrected chi connectivity index (χ0v) is 12.3. The van der Waals surface area contributed by atoms with E-state index in [0.717, 1.165) is 19.4 Å². The summed E-state index contributed by atoms with van der Waals surface area (Å²) in [5.74, 6) is 0.716. The standard InChI is InChI=1S/C16H23N3O2/c17-13-7-8-15(20)18(10-13)11-16(21)19-9-3-5-12-4-1-2-6-14(12)19/h7-8,10,12,14H,1-6,9,11,17H2/t12-,14-/m1/s1. The quantitative estimate of drug-likeness (QED) is 0.899. The van der Waals surface area contributed by atoms with E-state index >= 15 is 0 Å². The number of fused-ring (bicyclic) bond motifs is 1. The van der Waals surface area contributed by atoms with E-state index in [1.54, 1.807) is 12.3 Å². The van der Waals surface area contributed by atoms with Crippen LogP contribution in [0.4, 0.5) is 5.69 Å². The van der Waals surface area contributed by atoms with Crippen LogP contribution in [0.5, 0.6) is 0 Å². The lowest BCUT2D eigenvalue weighted by atomic mass is 9.78. The van der Waals surface area contributed by atoms with Crippen LogP contribution in [0, 0.1) is 5.92 Å². The van der Waals surface area contributed by atoms with E-state index in [4.69, 9.17) is 5.73 Å². The van der Waals surface area contributed by atoms with E-state index in [1.807, 2.05) is 4.90 Å². The lowest BCUT2D eigenvalue weighted by Gasteiger charge is -2.44. The highest BCUT2D eigenvalue weighted by molar-refractivity contribution is 5.76. The number of amides is 1. The first-order valence-electron chi connectivity index (χ1n) is 7.90. The maximum atomic E-state index is 12.6. The van der Waals surface area contributed by atoms with Gasteiger partial charge >= 0.3 is 0 Å². The average molecular weight is 289 g/mol. The van der Waals surface area contributed by atoms with E-state index in [0.29, 0.717) is 17.6 Å². The SMILES string of the molecule is Nc1ccc(=O)n(CC(=O)N2CCC[C@H]3CCCC[C@H]32)c1. The molecule has 2 fully saturated rings. The summed E-state index contributed by atoms with van der Waals surface area (Å²) in [4.78, 5) is 26.4. The molecule has 1 saturated carbocycles. The number of pyridine rings is 1. The largest absolute Gasteiger partial charge is 0.398 e. The summed E-state index contributed by atoms with van der Waals surface area (Å²) in [6.45, 7) is 0.935. The molecule has 0 aromatic carbocycles. The van der Waals surface area contributed by atoms with Gasteiger partial charge in [0.2, 0.25) is 5.91 Å². The summed E-state index contributed by atoms with van der Waals surface area (Å²) in [7, 11) is 0. The lowest BCUT2D eigenvalue weighted by Crippen LogP contribution is -2.51. The number of rotatable bonds is 2. The van der Waals surface area contributed by atoms with E-state index in [-0.39, 0.29) is 18.0 Å². The van der Waals surface area contributed by atoms with Crippen LogP contribution in [0.1, 0.15) is 38.5 Å². The molecular formula is C16H23N3O2. The second kappa shape index (κ2) is 5.92. The van der Waals surface area contributed by atoms with Crippen molar-refractivity contribution < 1.29 is 4.79 Å². The van der Waals surface area contributed by atoms with Crippen LogP contribution >= 0.6 is 0 Å². The molecule has 0 spiro atoms. The zero-order valence-electron chi connectivity index (χ0n) is 12.3. The number of hydrogen-bond acceptors (Lipinski definition) is 3. The van der Waals surface area contributed by atoms with Gasteiger partial charge in [-0.1, -0.05) is 12.8 Å². The van der Waals surface area contributed by atoms with Crippen LogP contribution in [-0.2, 0) is 11.3 Å². The number of carbonyl (C=O) groups is 1. The highest BCUT2D eigenvalue weighted by atomic mass is 16.2. The molecule has 1 aromatic rings. The molecule has 1 amide bonds. The molecule has 1 aliphatic heterocycles. The average Bonchev–Trinajstić information content (AvgIpc) is 2.50. The second-order valence-corrected chi connectivity index (χ2v) is 6.27. The molecule has 1 aromatic heterocycles. The van der Waals surface area contributed by atoms with Crippen LogP contribution in [0.2, 0.25) is 0 Å². The van der Waals surface area contributed by atoms with Crippen LogP contribution < -0.4 is 11.3 Å². The van der Waals surface area contributed by atoms with Gasteiger partial charge in [0, 0.05) is 30.5 Å². The van der Waals surface area contributed by atoms with Crippen molar-refractivity contribution in [1.82, 2.24) is 9.47 Å². The summed E-state index contributed by atoms with van der Waals surface area (Å²) in [5, 5.41) is 0. The molecule has 5 heteroatoms. The predicted molar refractivity (Wildman–Crippen MR) is 81.8 cm³/mol. The van der Waals surface area contributed by atoms with Gasteiger partial charge in [0.1, 0.15) is 6.54 Å². The molecule has 114 valence electrons. The van der Waals surface area contributed by atoms with Crippen LogP contribution in [0.15, 0.2) is 23.1 Å². The molecule has 1 aliphatic carbocycles. The van der Waals surface area contributed by atoms with Gasteiger partial charge < -0.3 is 15.2 Å². The third kappa shape index (κ3) is 2.96. The molecule has 0 radical (unpaired) electrons. The van der Waals surface area contributed by atoms with Gasteiger partial charge in [-0.25, -0.2) is 0 Å². The molecule has 5 nitrogen and oxygen atoms in total. The first-order chi connectivity index (χ1) is 10.1. The first-order valence-corrected chi connectivity index (χ1v) is 7.90. The topological polar surface area (TPSA) is 68.3 Å². The third-order valence-electron chi connectivity index (χ3n) is 4.88. The van der Waals surface area contributed by atoms with Gasteiger partial charge in [0.25, 0.3) is 5.56 Å². The van der Waals surface area contributed by atoms with Crippen molar-refractivity contribution in [3.05, 3.63) is 28.7 Å². The number of carbonyl (C=O) groups excluding carboxylic acids is 1. The number of nitrogens with zero attached hydrogens (tertiary/aromatic N) is 2. The highest BCUT2D eigenvalue weighted by Gasteiger charge is 2.35. The minimum absolute atomic E-state index is 0.0549. The van der Waals surface area contributed by atoms with Crippen molar-refractivity contribution in [3.8, 4) is 0 Å². The van der Waals surface area contributed by atoms with Crippen molar-refractivity contribution in [3.63, 3.8) is 0 Å². The van der Waals surface area contributed by atoms with Gasteiger partial charge in [-0.05, 0) is 37.7 Å². The number of nitrogens with two attached hydrogens (primary N) is 1. The lowest BCUT2D eigenvalue weighted by molar-refractivity contribution is -0.138. The van der Waals surface area contributed by atoms with Crippen molar-refractivity contribution in [2.45, 2.75) is 51.1 Å². The maximum Gasteiger partial charge on any atom is 0.251 e. The van der Waals surface area contributed by atoms with Gasteiger partial charge in [-0.15, -0.1) is 0 Å². The summed E-state index contributed by atoms with van der Waals surface area (Å²) in [6, 6.07) is 3.38. The molecule has 0 unspecified atom stereocenters. The fraction of sp³-hybridized carbons (Fsp3) is 0.625. The van der Waals surface area contributed by atoms with E-state index < -0.39 is 0 Å². The van der Waals surface area contributed by atoms with E-state index in [2.05, 4.69) is 0 Å². The Morgan fingerprint density at radius 1 is 1.19 bits per heavy atom. The number of piperidine rings is 1. The maximum absolute atomic E-state index is 12.6. The normalized spacial score (nSPS) is 25.4. The summed E-state index contributed by atoms with van der Waals surface area (Å²) < 4.78 is 1.42. The van der Waals surface area contributed by atoms with Gasteiger partial charge in [-0.2, -0.15) is 0 Å². The Hall–Kier alpha value is -1.78. The molecule has 2 atom stereocenters. The van der Waals surface area contributed by atoms with Crippen molar-refractivity contribution >= 4 is 11.6 Å². The predicted octanol–water partition coefficient (Wildman–Crippen LogP) is 1.61. The molecule has 1 saturated heterocycles. The number of aromatic nitrogens is 1. The Balaban J connectivity index is 1.75. The Labute approximate surface area is 124 Å². The fourth-order valence-electron chi connectivity index (χ4n) is 3.84. The third-order valence-corrected chi connectivity index (χ3v) is 4.88. The van der Waals surface area contributed by atoms with Crippen molar-refractivity contribution in [2.24, 2.45) is 5.92 Å². The molecular weight excluding hydrogens is 266 g/mol. The van der Waals surface area contributed by atoms with Crippen LogP contribution in [0.3, 0.4) is 0 Å². The van der Waals surface area contributed by atoms with Gasteiger partial charge in [0.05, 0.1) is 0 Å².